The summed E-state index contributed by atoms with van der Waals surface area (Å²) in [5.41, 5.74) is 5.21. The first-order chi connectivity index (χ1) is 6.45. The number of alkyl halides is 3. The van der Waals surface area contributed by atoms with Gasteiger partial charge < -0.3 is 5.73 Å². The van der Waals surface area contributed by atoms with E-state index in [9.17, 15) is 18.1 Å². The highest BCUT2D eigenvalue weighted by Crippen LogP contribution is 2.36. The molecule has 0 fully saturated rings. The Hall–Kier alpha value is -1.59. The zero-order valence-electron chi connectivity index (χ0n) is 6.95. The van der Waals surface area contributed by atoms with E-state index < -0.39 is 12.2 Å². The summed E-state index contributed by atoms with van der Waals surface area (Å²) in [6.07, 6.45) is -4.67. The van der Waals surface area contributed by atoms with E-state index in [2.05, 4.69) is 0 Å². The number of nitroso groups, excluding NO2 is 1. The summed E-state index contributed by atoms with van der Waals surface area (Å²) in [7, 11) is 0. The maximum absolute atomic E-state index is 12.2. The Morgan fingerprint density at radius 3 is 2.43 bits per heavy atom. The lowest BCUT2D eigenvalue weighted by molar-refractivity contribution is -0.148. The van der Waals surface area contributed by atoms with Gasteiger partial charge in [-0.1, -0.05) is 17.3 Å². The van der Waals surface area contributed by atoms with Crippen molar-refractivity contribution in [2.45, 2.75) is 12.2 Å². The highest BCUT2D eigenvalue weighted by atomic mass is 19.4. The van der Waals surface area contributed by atoms with Gasteiger partial charge in [0.2, 0.25) is 6.04 Å². The molecule has 0 bridgehead atoms. The predicted molar refractivity (Wildman–Crippen MR) is 45.4 cm³/mol. The van der Waals surface area contributed by atoms with Crippen LogP contribution in [0.3, 0.4) is 0 Å². The van der Waals surface area contributed by atoms with Crippen LogP contribution in [0.5, 0.6) is 0 Å². The molecule has 1 unspecified atom stereocenters. The molecule has 2 N–H and O–H groups in total. The smallest absolute Gasteiger partial charge is 0.399 e. The Kier molecular flexibility index (Phi) is 2.73. The van der Waals surface area contributed by atoms with Crippen LogP contribution in [0.1, 0.15) is 11.6 Å². The van der Waals surface area contributed by atoms with Crippen LogP contribution in [-0.2, 0) is 0 Å². The van der Waals surface area contributed by atoms with Crippen molar-refractivity contribution in [1.82, 2.24) is 0 Å². The fourth-order valence-corrected chi connectivity index (χ4v) is 1.04. The summed E-state index contributed by atoms with van der Waals surface area (Å²) in [4.78, 5) is 10.1. The van der Waals surface area contributed by atoms with Gasteiger partial charge in [0.1, 0.15) is 0 Å². The molecule has 0 heterocycles. The topological polar surface area (TPSA) is 55.4 Å². The molecule has 1 rings (SSSR count). The lowest BCUT2D eigenvalue weighted by Crippen LogP contribution is -2.18. The summed E-state index contributed by atoms with van der Waals surface area (Å²) >= 11 is 0. The van der Waals surface area contributed by atoms with E-state index in [1.54, 1.807) is 0 Å². The summed E-state index contributed by atoms with van der Waals surface area (Å²) in [6, 6.07) is 2.68. The predicted octanol–water partition coefficient (Wildman–Crippen LogP) is 2.64. The zero-order valence-corrected chi connectivity index (χ0v) is 6.95. The van der Waals surface area contributed by atoms with Gasteiger partial charge >= 0.3 is 6.18 Å². The fraction of sp³-hybridized carbons (Fsp3) is 0.250. The quantitative estimate of drug-likeness (QED) is 0.594. The third-order valence-electron chi connectivity index (χ3n) is 1.64. The van der Waals surface area contributed by atoms with Crippen LogP contribution in [0.4, 0.5) is 18.9 Å². The zero-order chi connectivity index (χ0) is 10.8. The van der Waals surface area contributed by atoms with E-state index in [1.165, 1.54) is 12.1 Å². The minimum atomic E-state index is -4.67. The van der Waals surface area contributed by atoms with Crippen LogP contribution in [0.25, 0.3) is 0 Å². The van der Waals surface area contributed by atoms with Gasteiger partial charge in [-0.3, -0.25) is 0 Å². The minimum absolute atomic E-state index is 0.167. The number of rotatable bonds is 2. The highest BCUT2D eigenvalue weighted by molar-refractivity contribution is 5.42. The van der Waals surface area contributed by atoms with Crippen molar-refractivity contribution in [3.8, 4) is 0 Å². The van der Waals surface area contributed by atoms with E-state index in [0.717, 1.165) is 12.1 Å². The molecule has 0 aromatic heterocycles. The van der Waals surface area contributed by atoms with E-state index in [1.807, 2.05) is 5.18 Å². The van der Waals surface area contributed by atoms with Crippen molar-refractivity contribution in [2.24, 2.45) is 5.18 Å². The number of hydrogen-bond acceptors (Lipinski definition) is 3. The van der Waals surface area contributed by atoms with Crippen molar-refractivity contribution in [3.05, 3.63) is 34.7 Å². The van der Waals surface area contributed by atoms with Gasteiger partial charge in [-0.05, 0) is 17.7 Å². The molecule has 1 atom stereocenters. The van der Waals surface area contributed by atoms with E-state index in [4.69, 9.17) is 5.73 Å². The van der Waals surface area contributed by atoms with Crippen LogP contribution in [0.2, 0.25) is 0 Å². The molecule has 0 amide bonds. The number of nitrogens with zero attached hydrogens (tertiary/aromatic N) is 1. The summed E-state index contributed by atoms with van der Waals surface area (Å²) < 4.78 is 36.6. The average Bonchev–Trinajstić information content (AvgIpc) is 2.02. The number of nitrogen functional groups attached to an aromatic ring is 1. The lowest BCUT2D eigenvalue weighted by Gasteiger charge is -2.13. The first-order valence-corrected chi connectivity index (χ1v) is 3.70. The Labute approximate surface area is 77.7 Å². The Morgan fingerprint density at radius 1 is 1.36 bits per heavy atom. The number of hydrogen-bond donors (Lipinski definition) is 1. The molecule has 6 heteroatoms. The molecule has 3 nitrogen and oxygen atoms in total. The van der Waals surface area contributed by atoms with Gasteiger partial charge in [-0.2, -0.15) is 13.2 Å². The number of anilines is 1. The third kappa shape index (κ3) is 2.21. The fourth-order valence-electron chi connectivity index (χ4n) is 1.04. The van der Waals surface area contributed by atoms with Crippen molar-refractivity contribution < 1.29 is 13.2 Å². The number of nitrogens with two attached hydrogens (primary N) is 1. The van der Waals surface area contributed by atoms with Gasteiger partial charge in [0, 0.05) is 5.69 Å². The molecule has 14 heavy (non-hydrogen) atoms. The normalized spacial score (nSPS) is 13.6. The maximum Gasteiger partial charge on any atom is 0.418 e. The molecular weight excluding hydrogens is 197 g/mol. The van der Waals surface area contributed by atoms with Gasteiger partial charge in [0.25, 0.3) is 0 Å². The molecule has 0 aliphatic heterocycles. The second kappa shape index (κ2) is 3.65. The van der Waals surface area contributed by atoms with E-state index >= 15 is 0 Å². The Bertz CT molecular complexity index is 338. The van der Waals surface area contributed by atoms with E-state index in [-0.39, 0.29) is 11.3 Å². The van der Waals surface area contributed by atoms with Crippen LogP contribution in [-0.4, -0.2) is 6.18 Å². The third-order valence-corrected chi connectivity index (χ3v) is 1.64. The van der Waals surface area contributed by atoms with Crippen LogP contribution in [0.15, 0.2) is 29.4 Å². The molecule has 1 aromatic carbocycles. The van der Waals surface area contributed by atoms with Crippen LogP contribution >= 0.6 is 0 Å². The molecule has 1 aromatic rings. The Morgan fingerprint density at radius 2 is 2.00 bits per heavy atom. The highest BCUT2D eigenvalue weighted by Gasteiger charge is 2.42. The summed E-state index contributed by atoms with van der Waals surface area (Å²) in [5, 5.41) is 2.04. The second-order valence-electron chi connectivity index (χ2n) is 2.72. The number of benzene rings is 1. The second-order valence-corrected chi connectivity index (χ2v) is 2.72. The summed E-state index contributed by atoms with van der Waals surface area (Å²) in [6.45, 7) is 0. The number of halogens is 3. The van der Waals surface area contributed by atoms with Crippen LogP contribution in [0, 0.1) is 4.91 Å². The van der Waals surface area contributed by atoms with E-state index in [0.29, 0.717) is 0 Å². The standard InChI is InChI=1S/C8H7F3N2O/c9-8(10,11)7(13-14)5-2-1-3-6(12)4-5/h1-4,7H,12H2. The molecule has 0 aliphatic carbocycles. The minimum Gasteiger partial charge on any atom is -0.399 e. The van der Waals surface area contributed by atoms with Crippen LogP contribution < -0.4 is 5.73 Å². The first-order valence-electron chi connectivity index (χ1n) is 3.70. The van der Waals surface area contributed by atoms with Gasteiger partial charge in [0.05, 0.1) is 0 Å². The monoisotopic (exact) mass is 204 g/mol. The molecule has 0 saturated heterocycles. The van der Waals surface area contributed by atoms with Crippen molar-refractivity contribution >= 4 is 5.69 Å². The molecular formula is C8H7F3N2O. The Balaban J connectivity index is 3.07. The van der Waals surface area contributed by atoms with Crippen molar-refractivity contribution in [2.75, 3.05) is 5.73 Å². The molecule has 0 radical (unpaired) electrons. The van der Waals surface area contributed by atoms with Crippen molar-refractivity contribution in [3.63, 3.8) is 0 Å². The molecule has 0 saturated carbocycles. The summed E-state index contributed by atoms with van der Waals surface area (Å²) in [5.74, 6) is 0. The molecule has 0 aliphatic rings. The van der Waals surface area contributed by atoms with Gasteiger partial charge in [-0.25, -0.2) is 0 Å². The molecule has 0 spiro atoms. The average molecular weight is 204 g/mol. The SMILES string of the molecule is Nc1cccc(C(N=O)C(F)(F)F)c1. The van der Waals surface area contributed by atoms with Gasteiger partial charge in [0.15, 0.2) is 0 Å². The largest absolute Gasteiger partial charge is 0.418 e. The molecule has 76 valence electrons. The first kappa shape index (κ1) is 10.5. The van der Waals surface area contributed by atoms with Crippen molar-refractivity contribution in [1.29, 1.82) is 0 Å². The van der Waals surface area contributed by atoms with Gasteiger partial charge in [-0.15, -0.1) is 4.91 Å². The maximum atomic E-state index is 12.2. The lowest BCUT2D eigenvalue weighted by atomic mass is 10.1.